The molecule has 0 bridgehead atoms. The molecule has 0 spiro atoms. The zero-order valence-electron chi connectivity index (χ0n) is 10.9. The highest BCUT2D eigenvalue weighted by Gasteiger charge is 2.20. The summed E-state index contributed by atoms with van der Waals surface area (Å²) in [6.45, 7) is 2.67. The van der Waals surface area contributed by atoms with Gasteiger partial charge in [0.05, 0.1) is 11.0 Å². The second-order valence-corrected chi connectivity index (χ2v) is 5.89. The fraction of sp³-hybridized carbons (Fsp3) is 0.462. The van der Waals surface area contributed by atoms with Crippen LogP contribution in [0.1, 0.15) is 32.6 Å². The number of benzene rings is 1. The molecule has 0 aliphatic rings. The highest BCUT2D eigenvalue weighted by molar-refractivity contribution is 7.85. The Labute approximate surface area is 113 Å². The van der Waals surface area contributed by atoms with Crippen molar-refractivity contribution in [2.45, 2.75) is 44.3 Å². The summed E-state index contributed by atoms with van der Waals surface area (Å²) in [5.41, 5.74) is 1.33. The summed E-state index contributed by atoms with van der Waals surface area (Å²) in [4.78, 5) is 4.01. The van der Waals surface area contributed by atoms with Gasteiger partial charge in [-0.3, -0.25) is 4.55 Å². The molecule has 1 aromatic carbocycles. The molecule has 104 valence electrons. The van der Waals surface area contributed by atoms with E-state index in [4.69, 9.17) is 0 Å². The highest BCUT2D eigenvalue weighted by atomic mass is 32.2. The van der Waals surface area contributed by atoms with Crippen LogP contribution in [0.5, 0.6) is 0 Å². The van der Waals surface area contributed by atoms with E-state index in [1.165, 1.54) is 0 Å². The van der Waals surface area contributed by atoms with Gasteiger partial charge in [0.15, 0.2) is 0 Å². The molecule has 2 rings (SSSR count). The van der Waals surface area contributed by atoms with E-state index in [-0.39, 0.29) is 5.16 Å². The molecule has 1 heterocycles. The highest BCUT2D eigenvalue weighted by Crippen LogP contribution is 2.20. The minimum absolute atomic E-state index is 0.259. The molecule has 0 radical (unpaired) electrons. The van der Waals surface area contributed by atoms with Crippen molar-refractivity contribution in [1.82, 2.24) is 9.55 Å². The summed E-state index contributed by atoms with van der Waals surface area (Å²) in [5, 5.41) is -0.259. The van der Waals surface area contributed by atoms with Crippen molar-refractivity contribution >= 4 is 21.2 Å². The van der Waals surface area contributed by atoms with Crippen molar-refractivity contribution in [1.29, 1.82) is 0 Å². The van der Waals surface area contributed by atoms with Gasteiger partial charge in [-0.2, -0.15) is 8.42 Å². The van der Waals surface area contributed by atoms with Gasteiger partial charge >= 0.3 is 10.1 Å². The Morgan fingerprint density at radius 1 is 1.21 bits per heavy atom. The number of fused-ring (bicyclic) bond motifs is 1. The van der Waals surface area contributed by atoms with E-state index in [0.717, 1.165) is 31.2 Å². The minimum atomic E-state index is -4.29. The molecule has 19 heavy (non-hydrogen) atoms. The van der Waals surface area contributed by atoms with Crippen LogP contribution in [-0.4, -0.2) is 22.5 Å². The van der Waals surface area contributed by atoms with E-state index in [1.54, 1.807) is 16.7 Å². The molecule has 0 amide bonds. The maximum Gasteiger partial charge on any atom is 0.328 e. The lowest BCUT2D eigenvalue weighted by Gasteiger charge is -2.06. The third-order valence-corrected chi connectivity index (χ3v) is 3.86. The van der Waals surface area contributed by atoms with Gasteiger partial charge in [0, 0.05) is 6.54 Å². The number of hydrogen-bond acceptors (Lipinski definition) is 3. The largest absolute Gasteiger partial charge is 0.328 e. The fourth-order valence-corrected chi connectivity index (χ4v) is 2.84. The van der Waals surface area contributed by atoms with Gasteiger partial charge in [0.2, 0.25) is 0 Å². The Hall–Kier alpha value is -1.40. The third-order valence-electron chi connectivity index (χ3n) is 3.09. The van der Waals surface area contributed by atoms with Crippen LogP contribution in [0.15, 0.2) is 29.4 Å². The lowest BCUT2D eigenvalue weighted by Crippen LogP contribution is -2.10. The van der Waals surface area contributed by atoms with Gasteiger partial charge in [-0.15, -0.1) is 0 Å². The van der Waals surface area contributed by atoms with Gasteiger partial charge in [-0.25, -0.2) is 4.98 Å². The maximum atomic E-state index is 11.4. The average molecular weight is 282 g/mol. The molecule has 6 heteroatoms. The number of hydrogen-bond donors (Lipinski definition) is 1. The van der Waals surface area contributed by atoms with E-state index in [0.29, 0.717) is 12.1 Å². The van der Waals surface area contributed by atoms with E-state index >= 15 is 0 Å². The SMILES string of the molecule is CCCCCCn1c(S(=O)(=O)O)nc2ccccc21. The Balaban J connectivity index is 2.38. The first kappa shape index (κ1) is 14.0. The van der Waals surface area contributed by atoms with Crippen molar-refractivity contribution in [3.8, 4) is 0 Å². The molecule has 0 aliphatic carbocycles. The predicted molar refractivity (Wildman–Crippen MR) is 73.7 cm³/mol. The monoisotopic (exact) mass is 282 g/mol. The van der Waals surface area contributed by atoms with Crippen molar-refractivity contribution < 1.29 is 13.0 Å². The van der Waals surface area contributed by atoms with Gasteiger partial charge in [0.1, 0.15) is 0 Å². The Kier molecular flexibility index (Phi) is 4.21. The van der Waals surface area contributed by atoms with Crippen LogP contribution in [0.2, 0.25) is 0 Å². The number of nitrogens with zero attached hydrogens (tertiary/aromatic N) is 2. The summed E-state index contributed by atoms with van der Waals surface area (Å²) in [6, 6.07) is 7.19. The van der Waals surface area contributed by atoms with Crippen molar-refractivity contribution in [2.24, 2.45) is 0 Å². The molecule has 5 nitrogen and oxygen atoms in total. The standard InChI is InChI=1S/C13H18N2O3S/c1-2-3-4-7-10-15-12-9-6-5-8-11(12)14-13(15)19(16,17)18/h5-6,8-9H,2-4,7,10H2,1H3,(H,16,17,18). The van der Waals surface area contributed by atoms with Gasteiger partial charge in [-0.1, -0.05) is 38.3 Å². The Morgan fingerprint density at radius 3 is 2.63 bits per heavy atom. The molecule has 0 saturated heterocycles. The normalized spacial score (nSPS) is 12.1. The lowest BCUT2D eigenvalue weighted by molar-refractivity contribution is 0.459. The van der Waals surface area contributed by atoms with Gasteiger partial charge in [-0.05, 0) is 18.6 Å². The van der Waals surface area contributed by atoms with Crippen LogP contribution in [0.25, 0.3) is 11.0 Å². The predicted octanol–water partition coefficient (Wildman–Crippen LogP) is 2.86. The van der Waals surface area contributed by atoms with Crippen LogP contribution in [0.3, 0.4) is 0 Å². The summed E-state index contributed by atoms with van der Waals surface area (Å²) in [7, 11) is -4.29. The summed E-state index contributed by atoms with van der Waals surface area (Å²) in [5.74, 6) is 0. The molecule has 1 aromatic heterocycles. The molecule has 1 N–H and O–H groups in total. The fourth-order valence-electron chi connectivity index (χ4n) is 2.16. The Bertz CT molecular complexity index is 662. The third kappa shape index (κ3) is 3.13. The number of rotatable bonds is 6. The van der Waals surface area contributed by atoms with E-state index < -0.39 is 10.1 Å². The molecule has 0 unspecified atom stereocenters. The van der Waals surface area contributed by atoms with Crippen LogP contribution >= 0.6 is 0 Å². The van der Waals surface area contributed by atoms with Crippen LogP contribution in [0.4, 0.5) is 0 Å². The smallest absolute Gasteiger partial charge is 0.313 e. The molecular weight excluding hydrogens is 264 g/mol. The molecular formula is C13H18N2O3S. The number of aryl methyl sites for hydroxylation is 1. The Morgan fingerprint density at radius 2 is 1.95 bits per heavy atom. The van der Waals surface area contributed by atoms with Gasteiger partial charge < -0.3 is 4.57 Å². The topological polar surface area (TPSA) is 72.2 Å². The molecule has 0 saturated carbocycles. The van der Waals surface area contributed by atoms with E-state index in [1.807, 2.05) is 12.1 Å². The molecule has 0 aliphatic heterocycles. The first-order chi connectivity index (χ1) is 9.04. The number of unbranched alkanes of at least 4 members (excludes halogenated alkanes) is 3. The van der Waals surface area contributed by atoms with Crippen LogP contribution in [-0.2, 0) is 16.7 Å². The van der Waals surface area contributed by atoms with Crippen molar-refractivity contribution in [3.05, 3.63) is 24.3 Å². The number of para-hydroxylation sites is 2. The van der Waals surface area contributed by atoms with Gasteiger partial charge in [0.25, 0.3) is 5.16 Å². The van der Waals surface area contributed by atoms with E-state index in [9.17, 15) is 13.0 Å². The minimum Gasteiger partial charge on any atom is -0.313 e. The lowest BCUT2D eigenvalue weighted by atomic mass is 10.2. The van der Waals surface area contributed by atoms with E-state index in [2.05, 4.69) is 11.9 Å². The van der Waals surface area contributed by atoms with Crippen molar-refractivity contribution in [3.63, 3.8) is 0 Å². The maximum absolute atomic E-state index is 11.4. The summed E-state index contributed by atoms with van der Waals surface area (Å²) >= 11 is 0. The second kappa shape index (κ2) is 5.71. The zero-order chi connectivity index (χ0) is 13.9. The molecule has 0 atom stereocenters. The van der Waals surface area contributed by atoms with Crippen LogP contribution < -0.4 is 0 Å². The quantitative estimate of drug-likeness (QED) is 0.653. The second-order valence-electron chi connectivity index (χ2n) is 4.57. The number of aromatic nitrogens is 2. The summed E-state index contributed by atoms with van der Waals surface area (Å²) < 4.78 is 33.6. The zero-order valence-corrected chi connectivity index (χ0v) is 11.7. The summed E-state index contributed by atoms with van der Waals surface area (Å²) in [6.07, 6.45) is 4.15. The molecule has 0 fully saturated rings. The van der Waals surface area contributed by atoms with Crippen molar-refractivity contribution in [2.75, 3.05) is 0 Å². The number of imidazole rings is 1. The average Bonchev–Trinajstić information content (AvgIpc) is 2.74. The molecule has 2 aromatic rings. The van der Waals surface area contributed by atoms with Crippen LogP contribution in [0, 0.1) is 0 Å². The first-order valence-electron chi connectivity index (χ1n) is 6.47. The first-order valence-corrected chi connectivity index (χ1v) is 7.91.